The van der Waals surface area contributed by atoms with E-state index in [1.165, 1.54) is 12.0 Å². The van der Waals surface area contributed by atoms with Crippen molar-refractivity contribution < 1.29 is 4.74 Å². The van der Waals surface area contributed by atoms with Crippen molar-refractivity contribution in [3.05, 3.63) is 35.1 Å². The molecule has 6 heteroatoms. The zero-order valence-corrected chi connectivity index (χ0v) is 11.6. The second-order valence-electron chi connectivity index (χ2n) is 4.55. The van der Waals surface area contributed by atoms with E-state index in [9.17, 15) is 0 Å². The van der Waals surface area contributed by atoms with Crippen LogP contribution in [0.4, 0.5) is 5.13 Å². The van der Waals surface area contributed by atoms with Gasteiger partial charge in [-0.1, -0.05) is 17.4 Å². The highest BCUT2D eigenvalue weighted by Gasteiger charge is 2.28. The molecule has 0 aromatic carbocycles. The lowest BCUT2D eigenvalue weighted by molar-refractivity contribution is 0.184. The first-order valence-corrected chi connectivity index (χ1v) is 7.18. The smallest absolute Gasteiger partial charge is 0.208 e. The van der Waals surface area contributed by atoms with Gasteiger partial charge in [-0.05, 0) is 24.5 Å². The van der Waals surface area contributed by atoms with Crippen LogP contribution in [-0.2, 0) is 11.3 Å². The molecule has 5 nitrogen and oxygen atoms in total. The van der Waals surface area contributed by atoms with Crippen molar-refractivity contribution in [3.63, 3.8) is 0 Å². The summed E-state index contributed by atoms with van der Waals surface area (Å²) < 4.78 is 5.09. The van der Waals surface area contributed by atoms with Gasteiger partial charge in [0.05, 0.1) is 6.04 Å². The van der Waals surface area contributed by atoms with Crippen LogP contribution in [0.5, 0.6) is 0 Å². The molecular weight excluding hydrogens is 260 g/mol. The highest BCUT2D eigenvalue weighted by atomic mass is 32.1. The molecule has 1 saturated heterocycles. The first kappa shape index (κ1) is 12.5. The average molecular weight is 276 g/mol. The second kappa shape index (κ2) is 5.63. The minimum Gasteiger partial charge on any atom is -0.377 e. The van der Waals surface area contributed by atoms with Crippen LogP contribution in [0.25, 0.3) is 0 Å². The van der Waals surface area contributed by atoms with Gasteiger partial charge in [0.15, 0.2) is 0 Å². The van der Waals surface area contributed by atoms with Gasteiger partial charge in [0, 0.05) is 26.0 Å². The monoisotopic (exact) mass is 276 g/mol. The molecule has 0 spiro atoms. The molecule has 0 amide bonds. The minimum absolute atomic E-state index is 0.372. The quantitative estimate of drug-likeness (QED) is 0.858. The van der Waals surface area contributed by atoms with Gasteiger partial charge in [0.2, 0.25) is 5.13 Å². The maximum absolute atomic E-state index is 5.09. The average Bonchev–Trinajstić information content (AvgIpc) is 3.08. The third-order valence-electron chi connectivity index (χ3n) is 3.29. The Labute approximate surface area is 116 Å². The molecule has 1 fully saturated rings. The standard InChI is InChI=1S/C13H16N4OS/c1-18-9-12-15-16-13(19-12)17-7-3-5-11(17)10-4-2-6-14-8-10/h2,4,6,8,11H,3,5,7,9H2,1H3. The van der Waals surface area contributed by atoms with Gasteiger partial charge in [-0.3, -0.25) is 4.98 Å². The van der Waals surface area contributed by atoms with Gasteiger partial charge < -0.3 is 9.64 Å². The Morgan fingerprint density at radius 1 is 1.47 bits per heavy atom. The molecule has 0 saturated carbocycles. The first-order valence-electron chi connectivity index (χ1n) is 6.36. The van der Waals surface area contributed by atoms with Crippen LogP contribution in [0.3, 0.4) is 0 Å². The third-order valence-corrected chi connectivity index (χ3v) is 4.23. The molecule has 1 unspecified atom stereocenters. The number of ether oxygens (including phenoxy) is 1. The number of pyridine rings is 1. The highest BCUT2D eigenvalue weighted by Crippen LogP contribution is 2.37. The van der Waals surface area contributed by atoms with Crippen LogP contribution in [0.2, 0.25) is 0 Å². The predicted octanol–water partition coefficient (Wildman–Crippen LogP) is 2.42. The van der Waals surface area contributed by atoms with E-state index in [2.05, 4.69) is 26.1 Å². The molecular formula is C13H16N4OS. The summed E-state index contributed by atoms with van der Waals surface area (Å²) in [6, 6.07) is 4.49. The van der Waals surface area contributed by atoms with Crippen molar-refractivity contribution in [2.24, 2.45) is 0 Å². The summed E-state index contributed by atoms with van der Waals surface area (Å²) in [6.45, 7) is 1.56. The zero-order chi connectivity index (χ0) is 13.1. The van der Waals surface area contributed by atoms with Crippen LogP contribution in [0.15, 0.2) is 24.5 Å². The van der Waals surface area contributed by atoms with Crippen LogP contribution in [0.1, 0.15) is 29.5 Å². The first-order chi connectivity index (χ1) is 9.38. The Hall–Kier alpha value is -1.53. The lowest BCUT2D eigenvalue weighted by Crippen LogP contribution is -2.22. The van der Waals surface area contributed by atoms with Crippen LogP contribution < -0.4 is 4.90 Å². The molecule has 100 valence electrons. The topological polar surface area (TPSA) is 51.1 Å². The van der Waals surface area contributed by atoms with Crippen molar-refractivity contribution in [1.82, 2.24) is 15.2 Å². The van der Waals surface area contributed by atoms with Gasteiger partial charge >= 0.3 is 0 Å². The number of nitrogens with zero attached hydrogens (tertiary/aromatic N) is 4. The maximum atomic E-state index is 5.09. The molecule has 2 aromatic heterocycles. The zero-order valence-electron chi connectivity index (χ0n) is 10.8. The summed E-state index contributed by atoms with van der Waals surface area (Å²) in [7, 11) is 1.68. The third kappa shape index (κ3) is 2.59. The van der Waals surface area contributed by atoms with E-state index in [1.807, 2.05) is 18.5 Å². The van der Waals surface area contributed by atoms with Gasteiger partial charge in [0.1, 0.15) is 11.6 Å². The number of hydrogen-bond donors (Lipinski definition) is 0. The maximum Gasteiger partial charge on any atom is 0.208 e. The fourth-order valence-corrected chi connectivity index (χ4v) is 3.34. The summed E-state index contributed by atoms with van der Waals surface area (Å²) in [5, 5.41) is 10.4. The Bertz CT molecular complexity index is 530. The lowest BCUT2D eigenvalue weighted by atomic mass is 10.1. The molecule has 19 heavy (non-hydrogen) atoms. The van der Waals surface area contributed by atoms with E-state index in [-0.39, 0.29) is 0 Å². The van der Waals surface area contributed by atoms with Crippen molar-refractivity contribution in [2.45, 2.75) is 25.5 Å². The van der Waals surface area contributed by atoms with Gasteiger partial charge in [-0.15, -0.1) is 10.2 Å². The fraction of sp³-hybridized carbons (Fsp3) is 0.462. The summed E-state index contributed by atoms with van der Waals surface area (Å²) in [6.07, 6.45) is 6.08. The summed E-state index contributed by atoms with van der Waals surface area (Å²) in [5.41, 5.74) is 1.25. The van der Waals surface area contributed by atoms with Gasteiger partial charge in [-0.25, -0.2) is 0 Å². The Morgan fingerprint density at radius 3 is 3.21 bits per heavy atom. The van der Waals surface area contributed by atoms with E-state index < -0.39 is 0 Å². The van der Waals surface area contributed by atoms with Crippen LogP contribution in [-0.4, -0.2) is 28.8 Å². The number of rotatable bonds is 4. The van der Waals surface area contributed by atoms with E-state index in [1.54, 1.807) is 18.4 Å². The van der Waals surface area contributed by atoms with E-state index in [0.717, 1.165) is 23.1 Å². The van der Waals surface area contributed by atoms with Gasteiger partial charge in [0.25, 0.3) is 0 Å². The van der Waals surface area contributed by atoms with E-state index in [0.29, 0.717) is 12.6 Å². The Morgan fingerprint density at radius 2 is 2.42 bits per heavy atom. The van der Waals surface area contributed by atoms with Crippen molar-refractivity contribution in [3.8, 4) is 0 Å². The molecule has 1 atom stereocenters. The predicted molar refractivity (Wildman–Crippen MR) is 74.2 cm³/mol. The number of anilines is 1. The highest BCUT2D eigenvalue weighted by molar-refractivity contribution is 7.15. The van der Waals surface area contributed by atoms with Crippen molar-refractivity contribution in [1.29, 1.82) is 0 Å². The molecule has 0 radical (unpaired) electrons. The van der Waals surface area contributed by atoms with Crippen molar-refractivity contribution >= 4 is 16.5 Å². The minimum atomic E-state index is 0.372. The van der Waals surface area contributed by atoms with Crippen LogP contribution >= 0.6 is 11.3 Å². The Balaban J connectivity index is 1.82. The molecule has 1 aliphatic rings. The molecule has 2 aromatic rings. The summed E-state index contributed by atoms with van der Waals surface area (Å²) in [5.74, 6) is 0. The van der Waals surface area contributed by atoms with E-state index in [4.69, 9.17) is 4.74 Å². The summed E-state index contributed by atoms with van der Waals surface area (Å²) in [4.78, 5) is 6.54. The molecule has 0 bridgehead atoms. The SMILES string of the molecule is COCc1nnc(N2CCCC2c2cccnc2)s1. The second-order valence-corrected chi connectivity index (χ2v) is 5.59. The molecule has 3 heterocycles. The molecule has 3 rings (SSSR count). The largest absolute Gasteiger partial charge is 0.377 e. The number of methoxy groups -OCH3 is 1. The molecule has 0 aliphatic carbocycles. The number of hydrogen-bond acceptors (Lipinski definition) is 6. The lowest BCUT2D eigenvalue weighted by Gasteiger charge is -2.23. The van der Waals surface area contributed by atoms with Crippen LogP contribution in [0, 0.1) is 0 Å². The molecule has 0 N–H and O–H groups in total. The normalized spacial score (nSPS) is 19.0. The summed E-state index contributed by atoms with van der Waals surface area (Å²) >= 11 is 1.61. The van der Waals surface area contributed by atoms with Gasteiger partial charge in [-0.2, -0.15) is 0 Å². The van der Waals surface area contributed by atoms with E-state index >= 15 is 0 Å². The number of aromatic nitrogens is 3. The fourth-order valence-electron chi connectivity index (χ4n) is 2.46. The Kier molecular flexibility index (Phi) is 3.70. The van der Waals surface area contributed by atoms with Crippen molar-refractivity contribution in [2.75, 3.05) is 18.6 Å². The molecule has 1 aliphatic heterocycles.